The maximum atomic E-state index is 11.4. The van der Waals surface area contributed by atoms with Gasteiger partial charge in [-0.3, -0.25) is 4.79 Å². The molecule has 0 atom stereocenters. The average molecular weight is 282 g/mol. The fraction of sp³-hybridized carbons (Fsp3) is 0.571. The molecule has 6 heteroatoms. The van der Waals surface area contributed by atoms with Gasteiger partial charge in [-0.15, -0.1) is 0 Å². The monoisotopic (exact) mass is 282 g/mol. The van der Waals surface area contributed by atoms with Crippen LogP contribution in [0.1, 0.15) is 41.6 Å². The number of esters is 1. The molecule has 0 radical (unpaired) electrons. The lowest BCUT2D eigenvalue weighted by Crippen LogP contribution is -2.27. The van der Waals surface area contributed by atoms with Gasteiger partial charge >= 0.3 is 5.97 Å². The number of rotatable bonds is 8. The molecule has 20 heavy (non-hydrogen) atoms. The van der Waals surface area contributed by atoms with E-state index in [1.54, 1.807) is 13.0 Å². The Bertz CT molecular complexity index is 454. The molecule has 0 aliphatic rings. The van der Waals surface area contributed by atoms with Crippen LogP contribution in [0.25, 0.3) is 0 Å². The Labute approximate surface area is 118 Å². The van der Waals surface area contributed by atoms with Gasteiger partial charge in [0.1, 0.15) is 17.1 Å². The molecular weight excluding hydrogens is 260 g/mol. The highest BCUT2D eigenvalue weighted by atomic mass is 16.5. The first-order chi connectivity index (χ1) is 9.58. The molecule has 0 saturated heterocycles. The summed E-state index contributed by atoms with van der Waals surface area (Å²) < 4.78 is 10.1. The van der Waals surface area contributed by atoms with Crippen LogP contribution in [0.4, 0.5) is 0 Å². The molecule has 1 rings (SSSR count). The molecule has 0 aromatic carbocycles. The summed E-state index contributed by atoms with van der Waals surface area (Å²) in [5.74, 6) is 0.813. The minimum absolute atomic E-state index is 0.0326. The number of ether oxygens (including phenoxy) is 1. The minimum Gasteiger partial charge on any atom is -0.465 e. The van der Waals surface area contributed by atoms with Gasteiger partial charge in [-0.05, 0) is 19.4 Å². The van der Waals surface area contributed by atoms with Crippen LogP contribution in [0, 0.1) is 6.92 Å². The third-order valence-corrected chi connectivity index (χ3v) is 2.77. The number of nitrogens with one attached hydrogen (secondary N) is 2. The Balaban J connectivity index is 2.32. The summed E-state index contributed by atoms with van der Waals surface area (Å²) in [7, 11) is 1.33. The van der Waals surface area contributed by atoms with E-state index in [-0.39, 0.29) is 5.91 Å². The number of hydrogen-bond donors (Lipinski definition) is 2. The van der Waals surface area contributed by atoms with Crippen molar-refractivity contribution < 1.29 is 18.7 Å². The molecule has 0 saturated carbocycles. The molecule has 1 heterocycles. The number of carbonyl (C=O) groups is 2. The molecule has 2 N–H and O–H groups in total. The van der Waals surface area contributed by atoms with Crippen molar-refractivity contribution in [3.05, 3.63) is 23.2 Å². The molecule has 112 valence electrons. The summed E-state index contributed by atoms with van der Waals surface area (Å²) in [4.78, 5) is 22.8. The number of hydrogen-bond acceptors (Lipinski definition) is 5. The quantitative estimate of drug-likeness (QED) is 0.556. The second kappa shape index (κ2) is 8.37. The topological polar surface area (TPSA) is 80.6 Å². The Morgan fingerprint density at radius 2 is 2.10 bits per heavy atom. The zero-order valence-electron chi connectivity index (χ0n) is 12.2. The maximum Gasteiger partial charge on any atom is 0.341 e. The first-order valence-electron chi connectivity index (χ1n) is 6.73. The Kier molecular flexibility index (Phi) is 6.79. The minimum atomic E-state index is -0.406. The van der Waals surface area contributed by atoms with Crippen LogP contribution in [0.3, 0.4) is 0 Å². The Morgan fingerprint density at radius 3 is 2.75 bits per heavy atom. The van der Waals surface area contributed by atoms with E-state index in [4.69, 9.17) is 4.42 Å². The highest BCUT2D eigenvalue weighted by Gasteiger charge is 2.14. The van der Waals surface area contributed by atoms with Gasteiger partial charge in [0, 0.05) is 19.5 Å². The van der Waals surface area contributed by atoms with Gasteiger partial charge < -0.3 is 19.8 Å². The summed E-state index contributed by atoms with van der Waals surface area (Å²) in [5.41, 5.74) is 0.435. The van der Waals surface area contributed by atoms with E-state index in [1.807, 2.05) is 6.92 Å². The van der Waals surface area contributed by atoms with Crippen molar-refractivity contribution in [3.63, 3.8) is 0 Å². The molecule has 0 fully saturated rings. The zero-order valence-corrected chi connectivity index (χ0v) is 12.2. The lowest BCUT2D eigenvalue weighted by Gasteiger charge is -2.04. The van der Waals surface area contributed by atoms with Crippen molar-refractivity contribution in [1.82, 2.24) is 10.6 Å². The lowest BCUT2D eigenvalue weighted by molar-refractivity contribution is -0.121. The van der Waals surface area contributed by atoms with Gasteiger partial charge in [-0.25, -0.2) is 4.79 Å². The van der Waals surface area contributed by atoms with Crippen molar-refractivity contribution in [3.8, 4) is 0 Å². The van der Waals surface area contributed by atoms with Gasteiger partial charge in [-0.2, -0.15) is 0 Å². The highest BCUT2D eigenvalue weighted by Crippen LogP contribution is 2.15. The van der Waals surface area contributed by atoms with Crippen molar-refractivity contribution >= 4 is 11.9 Å². The van der Waals surface area contributed by atoms with Crippen LogP contribution in [0.5, 0.6) is 0 Å². The van der Waals surface area contributed by atoms with E-state index in [1.165, 1.54) is 7.11 Å². The predicted octanol–water partition coefficient (Wildman–Crippen LogP) is 1.38. The summed E-state index contributed by atoms with van der Waals surface area (Å²) in [6.45, 7) is 5.46. The molecule has 1 aromatic rings. The van der Waals surface area contributed by atoms with E-state index in [9.17, 15) is 9.59 Å². The average Bonchev–Trinajstić information content (AvgIpc) is 2.81. The molecule has 1 aromatic heterocycles. The van der Waals surface area contributed by atoms with Crippen LogP contribution in [0.15, 0.2) is 10.5 Å². The standard InChI is InChI=1S/C14H22N2O4/c1-4-6-16-13(17)5-7-15-9-11-8-12(10(2)20-11)14(18)19-3/h8,15H,4-7,9H2,1-3H3,(H,16,17). The fourth-order valence-electron chi connectivity index (χ4n) is 1.71. The van der Waals surface area contributed by atoms with E-state index in [0.29, 0.717) is 43.1 Å². The van der Waals surface area contributed by atoms with Gasteiger partial charge in [0.05, 0.1) is 13.7 Å². The molecule has 0 aliphatic carbocycles. The normalized spacial score (nSPS) is 10.3. The van der Waals surface area contributed by atoms with Crippen LogP contribution < -0.4 is 10.6 Å². The van der Waals surface area contributed by atoms with Gasteiger partial charge in [0.15, 0.2) is 0 Å². The van der Waals surface area contributed by atoms with Crippen molar-refractivity contribution in [2.24, 2.45) is 0 Å². The molecule has 0 spiro atoms. The van der Waals surface area contributed by atoms with Crippen LogP contribution in [0.2, 0.25) is 0 Å². The van der Waals surface area contributed by atoms with E-state index >= 15 is 0 Å². The summed E-state index contributed by atoms with van der Waals surface area (Å²) in [5, 5.41) is 5.90. The first-order valence-corrected chi connectivity index (χ1v) is 6.73. The zero-order chi connectivity index (χ0) is 15.0. The van der Waals surface area contributed by atoms with Gasteiger partial charge in [0.25, 0.3) is 0 Å². The number of aryl methyl sites for hydroxylation is 1. The van der Waals surface area contributed by atoms with Gasteiger partial charge in [-0.1, -0.05) is 6.92 Å². The molecular formula is C14H22N2O4. The van der Waals surface area contributed by atoms with Gasteiger partial charge in [0.2, 0.25) is 5.91 Å². The maximum absolute atomic E-state index is 11.4. The first kappa shape index (κ1) is 16.2. The Morgan fingerprint density at radius 1 is 1.35 bits per heavy atom. The fourth-order valence-corrected chi connectivity index (χ4v) is 1.71. The second-order valence-corrected chi connectivity index (χ2v) is 4.45. The number of methoxy groups -OCH3 is 1. The SMILES string of the molecule is CCCNC(=O)CCNCc1cc(C(=O)OC)c(C)o1. The number of carbonyl (C=O) groups excluding carboxylic acids is 2. The summed E-state index contributed by atoms with van der Waals surface area (Å²) >= 11 is 0. The second-order valence-electron chi connectivity index (χ2n) is 4.45. The van der Waals surface area contributed by atoms with E-state index in [0.717, 1.165) is 6.42 Å². The molecule has 0 bridgehead atoms. The summed E-state index contributed by atoms with van der Waals surface area (Å²) in [6, 6.07) is 1.66. The highest BCUT2D eigenvalue weighted by molar-refractivity contribution is 5.90. The largest absolute Gasteiger partial charge is 0.465 e. The van der Waals surface area contributed by atoms with Crippen LogP contribution >= 0.6 is 0 Å². The Hall–Kier alpha value is -1.82. The van der Waals surface area contributed by atoms with E-state index in [2.05, 4.69) is 15.4 Å². The third-order valence-electron chi connectivity index (χ3n) is 2.77. The van der Waals surface area contributed by atoms with Crippen molar-refractivity contribution in [2.45, 2.75) is 33.2 Å². The summed E-state index contributed by atoms with van der Waals surface area (Å²) in [6.07, 6.45) is 1.35. The van der Waals surface area contributed by atoms with E-state index < -0.39 is 5.97 Å². The molecule has 0 unspecified atom stereocenters. The third kappa shape index (κ3) is 5.05. The predicted molar refractivity (Wildman–Crippen MR) is 74.4 cm³/mol. The van der Waals surface area contributed by atoms with Crippen molar-refractivity contribution in [1.29, 1.82) is 0 Å². The smallest absolute Gasteiger partial charge is 0.341 e. The van der Waals surface area contributed by atoms with Crippen molar-refractivity contribution in [2.75, 3.05) is 20.2 Å². The number of furan rings is 1. The molecule has 6 nitrogen and oxygen atoms in total. The number of amides is 1. The molecule has 1 amide bonds. The van der Waals surface area contributed by atoms with Crippen LogP contribution in [-0.2, 0) is 16.1 Å². The van der Waals surface area contributed by atoms with Crippen LogP contribution in [-0.4, -0.2) is 32.1 Å². The molecule has 0 aliphatic heterocycles. The lowest BCUT2D eigenvalue weighted by atomic mass is 10.2.